The van der Waals surface area contributed by atoms with Crippen LogP contribution in [0.15, 0.2) is 23.1 Å². The van der Waals surface area contributed by atoms with Gasteiger partial charge in [0, 0.05) is 19.1 Å². The number of nitrogens with two attached hydrogens (primary N) is 1. The Balaban J connectivity index is 0.00000180. The zero-order valence-corrected chi connectivity index (χ0v) is 12.3. The summed E-state index contributed by atoms with van der Waals surface area (Å²) in [6.45, 7) is 2.46. The smallest absolute Gasteiger partial charge is 0.243 e. The van der Waals surface area contributed by atoms with Gasteiger partial charge in [-0.15, -0.1) is 12.4 Å². The van der Waals surface area contributed by atoms with Gasteiger partial charge in [-0.25, -0.2) is 12.8 Å². The third-order valence-corrected chi connectivity index (χ3v) is 5.31. The van der Waals surface area contributed by atoms with Crippen molar-refractivity contribution in [2.45, 2.75) is 30.7 Å². The number of rotatable bonds is 2. The first-order valence-electron chi connectivity index (χ1n) is 5.93. The zero-order chi connectivity index (χ0) is 13.3. The average Bonchev–Trinajstić information content (AvgIpc) is 2.29. The molecule has 1 saturated heterocycles. The van der Waals surface area contributed by atoms with Gasteiger partial charge in [-0.2, -0.15) is 4.31 Å². The molecule has 0 spiro atoms. The molecule has 0 unspecified atom stereocenters. The van der Waals surface area contributed by atoms with E-state index in [-0.39, 0.29) is 23.3 Å². The van der Waals surface area contributed by atoms with Gasteiger partial charge >= 0.3 is 0 Å². The molecule has 1 fully saturated rings. The van der Waals surface area contributed by atoms with E-state index in [2.05, 4.69) is 0 Å². The highest BCUT2D eigenvalue weighted by Gasteiger charge is 2.29. The van der Waals surface area contributed by atoms with E-state index >= 15 is 0 Å². The lowest BCUT2D eigenvalue weighted by Gasteiger charge is -2.29. The summed E-state index contributed by atoms with van der Waals surface area (Å²) < 4.78 is 39.2. The molecule has 1 aliphatic rings. The van der Waals surface area contributed by atoms with Gasteiger partial charge in [0.25, 0.3) is 0 Å². The van der Waals surface area contributed by atoms with Crippen molar-refractivity contribution in [2.24, 2.45) is 5.73 Å². The van der Waals surface area contributed by atoms with Crippen LogP contribution < -0.4 is 5.73 Å². The Kier molecular flexibility index (Phi) is 5.32. The first kappa shape index (κ1) is 16.4. The normalized spacial score (nSPS) is 18.1. The minimum absolute atomic E-state index is 0. The van der Waals surface area contributed by atoms with Gasteiger partial charge < -0.3 is 5.73 Å². The zero-order valence-electron chi connectivity index (χ0n) is 10.7. The lowest BCUT2D eigenvalue weighted by Crippen LogP contribution is -2.42. The second-order valence-corrected chi connectivity index (χ2v) is 6.56. The second kappa shape index (κ2) is 6.17. The molecule has 1 aromatic rings. The first-order chi connectivity index (χ1) is 8.41. The van der Waals surface area contributed by atoms with Gasteiger partial charge in [-0.05, 0) is 43.5 Å². The van der Waals surface area contributed by atoms with Crippen molar-refractivity contribution in [1.29, 1.82) is 0 Å². The fraction of sp³-hybridized carbons (Fsp3) is 0.500. The summed E-state index contributed by atoms with van der Waals surface area (Å²) in [4.78, 5) is 0.180. The molecule has 1 heterocycles. The van der Waals surface area contributed by atoms with Crippen LogP contribution in [-0.2, 0) is 10.0 Å². The Morgan fingerprint density at radius 3 is 2.42 bits per heavy atom. The van der Waals surface area contributed by atoms with E-state index in [1.54, 1.807) is 6.92 Å². The Hall–Kier alpha value is -0.690. The largest absolute Gasteiger partial charge is 0.328 e. The van der Waals surface area contributed by atoms with Crippen LogP contribution in [-0.4, -0.2) is 31.9 Å². The fourth-order valence-corrected chi connectivity index (χ4v) is 3.83. The minimum atomic E-state index is -3.52. The Morgan fingerprint density at radius 2 is 1.89 bits per heavy atom. The van der Waals surface area contributed by atoms with Crippen molar-refractivity contribution in [3.8, 4) is 0 Å². The Labute approximate surface area is 119 Å². The standard InChI is InChI=1S/C12H17FN2O2S.ClH/c1-9-8-10(13)2-3-12(9)18(16,17)15-6-4-11(14)5-7-15;/h2-3,8,11H,4-7,14H2,1H3;1H. The molecule has 1 aliphatic heterocycles. The maximum absolute atomic E-state index is 13.0. The fourth-order valence-electron chi connectivity index (χ4n) is 2.16. The first-order valence-corrected chi connectivity index (χ1v) is 7.37. The van der Waals surface area contributed by atoms with Gasteiger partial charge in [0.15, 0.2) is 0 Å². The van der Waals surface area contributed by atoms with Crippen LogP contribution in [0, 0.1) is 12.7 Å². The minimum Gasteiger partial charge on any atom is -0.328 e. The molecule has 0 atom stereocenters. The number of nitrogens with zero attached hydrogens (tertiary/aromatic N) is 1. The van der Waals surface area contributed by atoms with Crippen LogP contribution in [0.2, 0.25) is 0 Å². The average molecular weight is 309 g/mol. The number of hydrogen-bond donors (Lipinski definition) is 1. The summed E-state index contributed by atoms with van der Waals surface area (Å²) >= 11 is 0. The molecule has 0 radical (unpaired) electrons. The van der Waals surface area contributed by atoms with E-state index in [9.17, 15) is 12.8 Å². The Bertz CT molecular complexity index is 543. The van der Waals surface area contributed by atoms with Gasteiger partial charge in [0.2, 0.25) is 10.0 Å². The molecule has 19 heavy (non-hydrogen) atoms. The molecule has 108 valence electrons. The number of sulfonamides is 1. The topological polar surface area (TPSA) is 63.4 Å². The van der Waals surface area contributed by atoms with E-state index in [0.29, 0.717) is 31.5 Å². The number of aryl methyl sites for hydroxylation is 1. The molecule has 1 aromatic carbocycles. The summed E-state index contributed by atoms with van der Waals surface area (Å²) in [6, 6.07) is 3.82. The maximum atomic E-state index is 13.0. The monoisotopic (exact) mass is 308 g/mol. The summed E-state index contributed by atoms with van der Waals surface area (Å²) in [6.07, 6.45) is 1.33. The number of halogens is 2. The molecule has 0 aromatic heterocycles. The second-order valence-electron chi connectivity index (χ2n) is 4.65. The van der Waals surface area contributed by atoms with E-state index < -0.39 is 15.8 Å². The van der Waals surface area contributed by atoms with E-state index in [1.807, 2.05) is 0 Å². The molecule has 0 bridgehead atoms. The van der Waals surface area contributed by atoms with Crippen LogP contribution in [0.25, 0.3) is 0 Å². The molecular weight excluding hydrogens is 291 g/mol. The van der Waals surface area contributed by atoms with Gasteiger partial charge in [0.1, 0.15) is 5.82 Å². The molecule has 7 heteroatoms. The number of benzene rings is 1. The van der Waals surface area contributed by atoms with E-state index in [4.69, 9.17) is 5.73 Å². The number of hydrogen-bond acceptors (Lipinski definition) is 3. The maximum Gasteiger partial charge on any atom is 0.243 e. The van der Waals surface area contributed by atoms with Gasteiger partial charge in [-0.3, -0.25) is 0 Å². The van der Waals surface area contributed by atoms with Crippen LogP contribution in [0.1, 0.15) is 18.4 Å². The molecule has 0 amide bonds. The summed E-state index contributed by atoms with van der Waals surface area (Å²) in [5.41, 5.74) is 6.19. The molecule has 4 nitrogen and oxygen atoms in total. The summed E-state index contributed by atoms with van der Waals surface area (Å²) in [5.74, 6) is -0.424. The molecule has 2 N–H and O–H groups in total. The molecule has 0 aliphatic carbocycles. The molecule has 0 saturated carbocycles. The number of piperidine rings is 1. The van der Waals surface area contributed by atoms with Crippen molar-refractivity contribution >= 4 is 22.4 Å². The van der Waals surface area contributed by atoms with Crippen LogP contribution >= 0.6 is 12.4 Å². The lowest BCUT2D eigenvalue weighted by molar-refractivity contribution is 0.320. The molecular formula is C12H18ClFN2O2S. The predicted octanol–water partition coefficient (Wildman–Crippen LogP) is 1.67. The van der Waals surface area contributed by atoms with Crippen LogP contribution in [0.5, 0.6) is 0 Å². The van der Waals surface area contributed by atoms with Crippen molar-refractivity contribution in [1.82, 2.24) is 4.31 Å². The van der Waals surface area contributed by atoms with Crippen LogP contribution in [0.4, 0.5) is 4.39 Å². The third kappa shape index (κ3) is 3.45. The molecule has 2 rings (SSSR count). The summed E-state index contributed by atoms with van der Waals surface area (Å²) in [5, 5.41) is 0. The van der Waals surface area contributed by atoms with E-state index in [0.717, 1.165) is 0 Å². The highest BCUT2D eigenvalue weighted by Crippen LogP contribution is 2.23. The van der Waals surface area contributed by atoms with Gasteiger partial charge in [-0.1, -0.05) is 0 Å². The van der Waals surface area contributed by atoms with Crippen molar-refractivity contribution in [2.75, 3.05) is 13.1 Å². The van der Waals surface area contributed by atoms with Crippen LogP contribution in [0.3, 0.4) is 0 Å². The van der Waals surface area contributed by atoms with Crippen molar-refractivity contribution in [3.05, 3.63) is 29.6 Å². The van der Waals surface area contributed by atoms with E-state index in [1.165, 1.54) is 22.5 Å². The SMILES string of the molecule is Cc1cc(F)ccc1S(=O)(=O)N1CCC(N)CC1.Cl. The highest BCUT2D eigenvalue weighted by atomic mass is 35.5. The highest BCUT2D eigenvalue weighted by molar-refractivity contribution is 7.89. The van der Waals surface area contributed by atoms with Crippen molar-refractivity contribution < 1.29 is 12.8 Å². The van der Waals surface area contributed by atoms with Crippen molar-refractivity contribution in [3.63, 3.8) is 0 Å². The summed E-state index contributed by atoms with van der Waals surface area (Å²) in [7, 11) is -3.52. The quantitative estimate of drug-likeness (QED) is 0.904. The van der Waals surface area contributed by atoms with Gasteiger partial charge in [0.05, 0.1) is 4.90 Å². The predicted molar refractivity (Wildman–Crippen MR) is 74.4 cm³/mol. The lowest BCUT2D eigenvalue weighted by atomic mass is 10.1. The third-order valence-electron chi connectivity index (χ3n) is 3.25. The Morgan fingerprint density at radius 1 is 1.32 bits per heavy atom.